The van der Waals surface area contributed by atoms with E-state index < -0.39 is 10.0 Å². The quantitative estimate of drug-likeness (QED) is 0.437. The summed E-state index contributed by atoms with van der Waals surface area (Å²) in [5.41, 5.74) is 2.18. The Morgan fingerprint density at radius 3 is 2.00 bits per heavy atom. The molecule has 0 atom stereocenters. The summed E-state index contributed by atoms with van der Waals surface area (Å²) in [5.74, 6) is 1.06. The second kappa shape index (κ2) is 10.8. The van der Waals surface area contributed by atoms with E-state index in [1.807, 2.05) is 24.3 Å². The smallest absolute Gasteiger partial charge is 0.264 e. The van der Waals surface area contributed by atoms with Crippen LogP contribution in [-0.4, -0.2) is 41.6 Å². The lowest BCUT2D eigenvalue weighted by Gasteiger charge is -2.20. The monoisotopic (exact) mass is 496 g/mol. The molecule has 8 heteroatoms. The highest BCUT2D eigenvalue weighted by Gasteiger charge is 2.21. The molecule has 3 aromatic rings. The van der Waals surface area contributed by atoms with Crippen molar-refractivity contribution in [2.45, 2.75) is 31.1 Å². The fraction of sp³-hybridized carbons (Fsp3) is 0.296. The predicted octanol–water partition coefficient (Wildman–Crippen LogP) is 4.63. The van der Waals surface area contributed by atoms with Crippen LogP contribution in [0.1, 0.15) is 36.7 Å². The van der Waals surface area contributed by atoms with Crippen LogP contribution in [0.25, 0.3) is 0 Å². The summed E-state index contributed by atoms with van der Waals surface area (Å²) < 4.78 is 37.8. The summed E-state index contributed by atoms with van der Waals surface area (Å²) in [4.78, 5) is 12.6. The Bertz CT molecular complexity index is 1230. The van der Waals surface area contributed by atoms with E-state index in [4.69, 9.17) is 9.47 Å². The van der Waals surface area contributed by atoms with Gasteiger partial charge in [-0.1, -0.05) is 32.9 Å². The first kappa shape index (κ1) is 26.1. The molecule has 0 saturated heterocycles. The van der Waals surface area contributed by atoms with Crippen molar-refractivity contribution in [3.63, 3.8) is 0 Å². The third-order valence-corrected chi connectivity index (χ3v) is 7.39. The highest BCUT2D eigenvalue weighted by atomic mass is 32.2. The number of carbonyl (C=O) groups excluding carboxylic acids is 1. The molecule has 1 N–H and O–H groups in total. The zero-order valence-corrected chi connectivity index (χ0v) is 21.6. The molecule has 0 heterocycles. The summed E-state index contributed by atoms with van der Waals surface area (Å²) >= 11 is 0. The minimum absolute atomic E-state index is 0.0801. The van der Waals surface area contributed by atoms with E-state index in [1.165, 1.54) is 36.2 Å². The van der Waals surface area contributed by atoms with Gasteiger partial charge in [0.1, 0.15) is 18.1 Å². The zero-order chi connectivity index (χ0) is 25.6. The van der Waals surface area contributed by atoms with Crippen LogP contribution < -0.4 is 19.1 Å². The molecule has 0 radical (unpaired) electrons. The van der Waals surface area contributed by atoms with Gasteiger partial charge in [0.2, 0.25) is 0 Å². The Balaban J connectivity index is 1.53. The maximum Gasteiger partial charge on any atom is 0.264 e. The number of sulfonamides is 1. The summed E-state index contributed by atoms with van der Waals surface area (Å²) in [6.45, 7) is 7.14. The molecular formula is C27H32N2O5S. The van der Waals surface area contributed by atoms with Crippen LogP contribution in [0.2, 0.25) is 0 Å². The molecule has 35 heavy (non-hydrogen) atoms. The van der Waals surface area contributed by atoms with E-state index in [2.05, 4.69) is 26.1 Å². The van der Waals surface area contributed by atoms with E-state index in [9.17, 15) is 13.2 Å². The number of anilines is 1. The van der Waals surface area contributed by atoms with Crippen molar-refractivity contribution in [1.29, 1.82) is 0 Å². The van der Waals surface area contributed by atoms with Gasteiger partial charge < -0.3 is 14.8 Å². The van der Waals surface area contributed by atoms with Crippen molar-refractivity contribution < 1.29 is 22.7 Å². The molecule has 0 unspecified atom stereocenters. The van der Waals surface area contributed by atoms with Crippen LogP contribution in [0.4, 0.5) is 5.69 Å². The van der Waals surface area contributed by atoms with Crippen molar-refractivity contribution in [2.75, 3.05) is 31.6 Å². The number of methoxy groups -OCH3 is 1. The third kappa shape index (κ3) is 6.54. The molecule has 0 bridgehead atoms. The molecule has 0 aliphatic rings. The number of benzene rings is 3. The van der Waals surface area contributed by atoms with Gasteiger partial charge in [-0.3, -0.25) is 9.10 Å². The number of ether oxygens (including phenoxy) is 2. The van der Waals surface area contributed by atoms with Crippen LogP contribution in [0.15, 0.2) is 77.7 Å². The highest BCUT2D eigenvalue weighted by Crippen LogP contribution is 2.25. The van der Waals surface area contributed by atoms with Crippen molar-refractivity contribution >= 4 is 21.6 Å². The van der Waals surface area contributed by atoms with Crippen molar-refractivity contribution in [3.05, 3.63) is 83.9 Å². The minimum atomic E-state index is -3.74. The summed E-state index contributed by atoms with van der Waals surface area (Å²) in [5, 5.41) is 2.81. The molecule has 1 amide bonds. The van der Waals surface area contributed by atoms with Gasteiger partial charge in [-0.25, -0.2) is 8.42 Å². The number of hydrogen-bond acceptors (Lipinski definition) is 5. The van der Waals surface area contributed by atoms with Crippen LogP contribution in [0.3, 0.4) is 0 Å². The first-order valence-corrected chi connectivity index (χ1v) is 12.7. The van der Waals surface area contributed by atoms with E-state index in [1.54, 1.807) is 36.4 Å². The molecule has 0 aliphatic heterocycles. The molecular weight excluding hydrogens is 464 g/mol. The average Bonchev–Trinajstić information content (AvgIpc) is 2.86. The molecule has 0 fully saturated rings. The van der Waals surface area contributed by atoms with E-state index in [0.717, 1.165) is 5.75 Å². The molecule has 3 aromatic carbocycles. The first-order valence-electron chi connectivity index (χ1n) is 11.3. The van der Waals surface area contributed by atoms with Gasteiger partial charge in [0, 0.05) is 12.6 Å². The lowest BCUT2D eigenvalue weighted by atomic mass is 9.87. The summed E-state index contributed by atoms with van der Waals surface area (Å²) in [6.07, 6.45) is 0. The standard InChI is InChI=1S/C27H32N2O5S/c1-27(2,3)21-8-12-24(13-9-21)34-19-18-28-26(30)20-6-10-22(11-7-20)29(4)35(31,32)25-16-14-23(33-5)15-17-25/h6-17H,18-19H2,1-5H3,(H,28,30). The predicted molar refractivity (Wildman–Crippen MR) is 138 cm³/mol. The Morgan fingerprint density at radius 2 is 1.46 bits per heavy atom. The minimum Gasteiger partial charge on any atom is -0.497 e. The number of nitrogens with zero attached hydrogens (tertiary/aromatic N) is 1. The molecule has 0 aliphatic carbocycles. The zero-order valence-electron chi connectivity index (χ0n) is 20.7. The van der Waals surface area contributed by atoms with Gasteiger partial charge in [-0.15, -0.1) is 0 Å². The van der Waals surface area contributed by atoms with Gasteiger partial charge in [-0.05, 0) is 71.6 Å². The second-order valence-corrected chi connectivity index (χ2v) is 11.0. The molecule has 186 valence electrons. The Hall–Kier alpha value is -3.52. The van der Waals surface area contributed by atoms with Gasteiger partial charge in [-0.2, -0.15) is 0 Å². The largest absolute Gasteiger partial charge is 0.497 e. The molecule has 7 nitrogen and oxygen atoms in total. The fourth-order valence-corrected chi connectivity index (χ4v) is 4.55. The molecule has 0 saturated carbocycles. The van der Waals surface area contributed by atoms with Crippen molar-refractivity contribution in [2.24, 2.45) is 0 Å². The fourth-order valence-electron chi connectivity index (χ4n) is 3.35. The van der Waals surface area contributed by atoms with Gasteiger partial charge >= 0.3 is 0 Å². The SMILES string of the molecule is COc1ccc(S(=O)(=O)N(C)c2ccc(C(=O)NCCOc3ccc(C(C)(C)C)cc3)cc2)cc1. The lowest BCUT2D eigenvalue weighted by Crippen LogP contribution is -2.28. The van der Waals surface area contributed by atoms with Crippen LogP contribution in [0.5, 0.6) is 11.5 Å². The number of rotatable bonds is 9. The van der Waals surface area contributed by atoms with Crippen molar-refractivity contribution in [1.82, 2.24) is 5.32 Å². The molecule has 0 aromatic heterocycles. The average molecular weight is 497 g/mol. The van der Waals surface area contributed by atoms with Gasteiger partial charge in [0.25, 0.3) is 15.9 Å². The van der Waals surface area contributed by atoms with E-state index >= 15 is 0 Å². The maximum absolute atomic E-state index is 12.9. The van der Waals surface area contributed by atoms with Crippen LogP contribution >= 0.6 is 0 Å². The second-order valence-electron chi connectivity index (χ2n) is 9.07. The summed E-state index contributed by atoms with van der Waals surface area (Å²) in [7, 11) is -0.752. The van der Waals surface area contributed by atoms with E-state index in [-0.39, 0.29) is 16.2 Å². The van der Waals surface area contributed by atoms with Gasteiger partial charge in [0.15, 0.2) is 0 Å². The third-order valence-electron chi connectivity index (χ3n) is 5.59. The Kier molecular flexibility index (Phi) is 8.07. The van der Waals surface area contributed by atoms with Crippen LogP contribution in [0, 0.1) is 0 Å². The highest BCUT2D eigenvalue weighted by molar-refractivity contribution is 7.92. The summed E-state index contributed by atoms with van der Waals surface area (Å²) in [6, 6.07) is 20.5. The number of carbonyl (C=O) groups is 1. The number of amides is 1. The molecule has 3 rings (SSSR count). The number of nitrogens with one attached hydrogen (secondary N) is 1. The lowest BCUT2D eigenvalue weighted by molar-refractivity contribution is 0.0947. The van der Waals surface area contributed by atoms with Gasteiger partial charge in [0.05, 0.1) is 24.2 Å². The Labute approximate surface area is 207 Å². The first-order chi connectivity index (χ1) is 16.5. The molecule has 0 spiro atoms. The maximum atomic E-state index is 12.9. The van der Waals surface area contributed by atoms with E-state index in [0.29, 0.717) is 30.2 Å². The Morgan fingerprint density at radius 1 is 0.886 bits per heavy atom. The normalized spacial score (nSPS) is 11.6. The van der Waals surface area contributed by atoms with Crippen LogP contribution in [-0.2, 0) is 15.4 Å². The number of hydrogen-bond donors (Lipinski definition) is 1. The van der Waals surface area contributed by atoms with Crippen molar-refractivity contribution in [3.8, 4) is 11.5 Å². The topological polar surface area (TPSA) is 84.9 Å².